The average molecular weight is 507 g/mol. The van der Waals surface area contributed by atoms with Gasteiger partial charge in [-0.3, -0.25) is 14.3 Å². The van der Waals surface area contributed by atoms with Crippen molar-refractivity contribution >= 4 is 57.8 Å². The number of imidazole rings is 1. The fourth-order valence-corrected chi connectivity index (χ4v) is 6.83. The maximum absolute atomic E-state index is 10.6. The van der Waals surface area contributed by atoms with Gasteiger partial charge in [0.1, 0.15) is 29.4 Å². The van der Waals surface area contributed by atoms with Crippen molar-refractivity contribution < 1.29 is 14.9 Å². The number of aliphatic hydroxyl groups is 2. The molecule has 5 rings (SSSR count). The van der Waals surface area contributed by atoms with Gasteiger partial charge in [0.05, 0.1) is 22.6 Å². The van der Waals surface area contributed by atoms with E-state index < -0.39 is 30.2 Å². The second kappa shape index (κ2) is 8.75. The smallest absolute Gasteiger partial charge is 0.171 e. The highest BCUT2D eigenvalue weighted by Gasteiger charge is 2.47. The molecule has 5 atom stereocenters. The molecule has 0 saturated carbocycles. The Balaban J connectivity index is 1.50. The first kappa shape index (κ1) is 22.9. The molecular formula is C21H26N6O3S3. The first-order valence-corrected chi connectivity index (χ1v) is 13.0. The second-order valence-electron chi connectivity index (χ2n) is 8.41. The van der Waals surface area contributed by atoms with Crippen LogP contribution in [-0.4, -0.2) is 64.6 Å². The van der Waals surface area contributed by atoms with E-state index >= 15 is 0 Å². The molecule has 1 fully saturated rings. The average Bonchev–Trinajstić information content (AvgIpc) is 3.47. The number of anilines is 1. The summed E-state index contributed by atoms with van der Waals surface area (Å²) in [6.45, 7) is 4.14. The van der Waals surface area contributed by atoms with Crippen LogP contribution in [0.1, 0.15) is 38.6 Å². The lowest BCUT2D eigenvalue weighted by molar-refractivity contribution is -0.0301. The lowest BCUT2D eigenvalue weighted by atomic mass is 10.0. The summed E-state index contributed by atoms with van der Waals surface area (Å²) in [5.74, 6) is 1.13. The van der Waals surface area contributed by atoms with Gasteiger partial charge in [-0.1, -0.05) is 25.5 Å². The number of ether oxygens (including phenoxy) is 1. The Labute approximate surface area is 205 Å². The van der Waals surface area contributed by atoms with Crippen molar-refractivity contribution in [3.05, 3.63) is 36.3 Å². The standard InChI is InChI=1S/C21H26N6O3S3/c1-3-8-21(2)25-18-14(23-10-26(18)19-16(29)15(28)12(9-31)30-19)17(22)27(21)33-20-24-11-6-4-5-7-13(11)32-20/h4-7,10,12,15-16,19,22,25,28-29,31H,3,8-9H2,1-2H3/t12-,15-,16-,19-,21-/m1/s1. The molecule has 3 aromatic rings. The molecule has 4 N–H and O–H groups in total. The van der Waals surface area contributed by atoms with Gasteiger partial charge in [-0.25, -0.2) is 9.97 Å². The van der Waals surface area contributed by atoms with Crippen LogP contribution in [0.25, 0.3) is 10.2 Å². The summed E-state index contributed by atoms with van der Waals surface area (Å²) in [6, 6.07) is 7.99. The number of para-hydroxylation sites is 1. The van der Waals surface area contributed by atoms with E-state index in [1.165, 1.54) is 11.9 Å². The Morgan fingerprint density at radius 2 is 2.12 bits per heavy atom. The van der Waals surface area contributed by atoms with Gasteiger partial charge in [-0.05, 0) is 25.5 Å². The van der Waals surface area contributed by atoms with Crippen molar-refractivity contribution in [1.29, 1.82) is 5.41 Å². The van der Waals surface area contributed by atoms with Crippen molar-refractivity contribution in [3.8, 4) is 0 Å². The van der Waals surface area contributed by atoms with Crippen LogP contribution < -0.4 is 5.32 Å². The molecule has 176 valence electrons. The minimum Gasteiger partial charge on any atom is -0.387 e. The third kappa shape index (κ3) is 3.82. The quantitative estimate of drug-likeness (QED) is 0.255. The first-order valence-electron chi connectivity index (χ1n) is 10.8. The van der Waals surface area contributed by atoms with Crippen LogP contribution in [0.3, 0.4) is 0 Å². The summed E-state index contributed by atoms with van der Waals surface area (Å²) in [5.41, 5.74) is 0.787. The topological polar surface area (TPSA) is 120 Å². The van der Waals surface area contributed by atoms with E-state index in [-0.39, 0.29) is 11.6 Å². The van der Waals surface area contributed by atoms with Gasteiger partial charge in [-0.15, -0.1) is 11.3 Å². The van der Waals surface area contributed by atoms with Gasteiger partial charge in [0.15, 0.2) is 16.4 Å². The number of fused-ring (bicyclic) bond motifs is 2. The summed E-state index contributed by atoms with van der Waals surface area (Å²) in [5, 5.41) is 33.4. The lowest BCUT2D eigenvalue weighted by Gasteiger charge is -2.45. The molecule has 0 spiro atoms. The molecule has 0 amide bonds. The fourth-order valence-electron chi connectivity index (χ4n) is 4.38. The summed E-state index contributed by atoms with van der Waals surface area (Å²) in [7, 11) is 0. The maximum Gasteiger partial charge on any atom is 0.171 e. The Morgan fingerprint density at radius 3 is 2.82 bits per heavy atom. The van der Waals surface area contributed by atoms with Gasteiger partial charge in [0.25, 0.3) is 0 Å². The van der Waals surface area contributed by atoms with Crippen LogP contribution in [0.4, 0.5) is 5.82 Å². The summed E-state index contributed by atoms with van der Waals surface area (Å²) in [4.78, 5) is 9.19. The molecule has 0 radical (unpaired) electrons. The zero-order valence-corrected chi connectivity index (χ0v) is 20.7. The van der Waals surface area contributed by atoms with Crippen molar-refractivity contribution in [3.63, 3.8) is 0 Å². The third-order valence-corrected chi connectivity index (χ3v) is 8.71. The number of nitrogens with one attached hydrogen (secondary N) is 2. The molecule has 0 unspecified atom stereocenters. The van der Waals surface area contributed by atoms with Crippen LogP contribution in [0.2, 0.25) is 0 Å². The van der Waals surface area contributed by atoms with Gasteiger partial charge < -0.3 is 20.3 Å². The molecule has 1 saturated heterocycles. The van der Waals surface area contributed by atoms with E-state index in [1.54, 1.807) is 22.2 Å². The van der Waals surface area contributed by atoms with Crippen molar-refractivity contribution in [1.82, 2.24) is 18.8 Å². The zero-order chi connectivity index (χ0) is 23.3. The molecule has 12 heteroatoms. The van der Waals surface area contributed by atoms with Gasteiger partial charge in [-0.2, -0.15) is 12.6 Å². The number of nitrogens with zero attached hydrogens (tertiary/aromatic N) is 4. The number of aliphatic hydroxyl groups excluding tert-OH is 2. The molecular weight excluding hydrogens is 480 g/mol. The minimum absolute atomic E-state index is 0.251. The number of hydrogen-bond acceptors (Lipinski definition) is 10. The molecule has 4 heterocycles. The van der Waals surface area contributed by atoms with E-state index in [0.717, 1.165) is 27.4 Å². The highest BCUT2D eigenvalue weighted by Crippen LogP contribution is 2.44. The Hall–Kier alpha value is -1.83. The van der Waals surface area contributed by atoms with Crippen LogP contribution >= 0.6 is 35.9 Å². The molecule has 2 aromatic heterocycles. The number of rotatable bonds is 6. The molecule has 0 bridgehead atoms. The minimum atomic E-state index is -1.12. The highest BCUT2D eigenvalue weighted by molar-refractivity contribution is 7.99. The van der Waals surface area contributed by atoms with E-state index in [0.29, 0.717) is 11.5 Å². The van der Waals surface area contributed by atoms with Crippen LogP contribution in [0.5, 0.6) is 0 Å². The zero-order valence-electron chi connectivity index (χ0n) is 18.2. The number of hydrogen-bond donors (Lipinski definition) is 5. The predicted molar refractivity (Wildman–Crippen MR) is 133 cm³/mol. The van der Waals surface area contributed by atoms with Crippen LogP contribution in [-0.2, 0) is 4.74 Å². The highest BCUT2D eigenvalue weighted by atomic mass is 32.2. The van der Waals surface area contributed by atoms with Gasteiger partial charge >= 0.3 is 0 Å². The van der Waals surface area contributed by atoms with Crippen LogP contribution in [0, 0.1) is 5.41 Å². The van der Waals surface area contributed by atoms with E-state index in [9.17, 15) is 10.2 Å². The van der Waals surface area contributed by atoms with E-state index in [1.807, 2.05) is 35.5 Å². The molecule has 9 nitrogen and oxygen atoms in total. The summed E-state index contributed by atoms with van der Waals surface area (Å²) >= 11 is 7.24. The molecule has 0 aliphatic carbocycles. The van der Waals surface area contributed by atoms with Crippen LogP contribution in [0.15, 0.2) is 34.9 Å². The predicted octanol–water partition coefficient (Wildman–Crippen LogP) is 3.32. The van der Waals surface area contributed by atoms with E-state index in [2.05, 4.69) is 29.9 Å². The largest absolute Gasteiger partial charge is 0.387 e. The lowest BCUT2D eigenvalue weighted by Crippen LogP contribution is -2.55. The number of aromatic nitrogens is 3. The maximum atomic E-state index is 10.6. The molecule has 2 aliphatic heterocycles. The van der Waals surface area contributed by atoms with E-state index in [4.69, 9.17) is 15.1 Å². The molecule has 2 aliphatic rings. The summed E-state index contributed by atoms with van der Waals surface area (Å²) < 4.78 is 11.4. The van der Waals surface area contributed by atoms with Crippen molar-refractivity contribution in [2.24, 2.45) is 0 Å². The monoisotopic (exact) mass is 506 g/mol. The second-order valence-corrected chi connectivity index (χ2v) is 11.0. The molecule has 33 heavy (non-hydrogen) atoms. The van der Waals surface area contributed by atoms with Crippen molar-refractivity contribution in [2.75, 3.05) is 11.1 Å². The SMILES string of the molecule is CCC[C@]1(C)Nc2c(ncn2[C@@H]2O[C@H](CS)[C@@H](O)[C@H]2O)C(=N)N1Sc1nc2ccccc2s1. The Bertz CT molecular complexity index is 1150. The molecule has 1 aromatic carbocycles. The number of thiazole rings is 1. The van der Waals surface area contributed by atoms with Gasteiger partial charge in [0, 0.05) is 17.7 Å². The number of benzene rings is 1. The Morgan fingerprint density at radius 1 is 1.33 bits per heavy atom. The first-order chi connectivity index (χ1) is 15.9. The fraction of sp³-hybridized carbons (Fsp3) is 0.476. The third-order valence-electron chi connectivity index (χ3n) is 6.03. The summed E-state index contributed by atoms with van der Waals surface area (Å²) in [6.07, 6.45) is -0.365. The van der Waals surface area contributed by atoms with Crippen molar-refractivity contribution in [2.45, 2.75) is 61.2 Å². The Kier molecular flexibility index (Phi) is 6.08. The number of thiol groups is 1. The normalized spacial score (nSPS) is 29.5. The number of amidine groups is 1. The van der Waals surface area contributed by atoms with Gasteiger partial charge in [0.2, 0.25) is 0 Å².